The van der Waals surface area contributed by atoms with E-state index in [1.165, 1.54) is 33.0 Å². The van der Waals surface area contributed by atoms with E-state index in [1.807, 2.05) is 0 Å². The van der Waals surface area contributed by atoms with Crippen LogP contribution in [0, 0.1) is 12.8 Å². The predicted octanol–water partition coefficient (Wildman–Crippen LogP) is 6.47. The molecule has 0 spiro atoms. The van der Waals surface area contributed by atoms with Crippen molar-refractivity contribution in [2.24, 2.45) is 5.92 Å². The van der Waals surface area contributed by atoms with E-state index in [2.05, 4.69) is 101 Å². The number of benzene rings is 2. The molecule has 0 saturated heterocycles. The van der Waals surface area contributed by atoms with Crippen molar-refractivity contribution in [3.05, 3.63) is 71.9 Å². The van der Waals surface area contributed by atoms with Crippen molar-refractivity contribution >= 4 is 13.3 Å². The molecule has 1 aromatic heterocycles. The van der Waals surface area contributed by atoms with Crippen molar-refractivity contribution in [3.63, 3.8) is 0 Å². The molecule has 0 atom stereocenters. The Kier molecular flexibility index (Phi) is 5.66. The molecule has 2 aromatic carbocycles. The van der Waals surface area contributed by atoms with Gasteiger partial charge in [-0.15, -0.1) is 0 Å². The van der Waals surface area contributed by atoms with Crippen LogP contribution in [0.2, 0.25) is 19.6 Å². The molecule has 0 amide bonds. The van der Waals surface area contributed by atoms with Gasteiger partial charge in [0.1, 0.15) is 0 Å². The zero-order chi connectivity index (χ0) is 19.6. The van der Waals surface area contributed by atoms with Gasteiger partial charge in [0.25, 0.3) is 0 Å². The Bertz CT molecular complexity index is 921. The zero-order valence-electron chi connectivity index (χ0n) is 17.5. The summed E-state index contributed by atoms with van der Waals surface area (Å²) in [5.41, 5.74) is 7.62. The minimum atomic E-state index is -1.40. The second-order valence-corrected chi connectivity index (χ2v) is 14.0. The van der Waals surface area contributed by atoms with Gasteiger partial charge in [-0.25, -0.2) is 0 Å². The molecule has 1 nitrogen and oxygen atoms in total. The summed E-state index contributed by atoms with van der Waals surface area (Å²) < 4.78 is 0. The van der Waals surface area contributed by atoms with Crippen LogP contribution in [0.4, 0.5) is 0 Å². The maximum Gasteiger partial charge on any atom is 0.0799 e. The first-order valence-electron chi connectivity index (χ1n) is 9.91. The van der Waals surface area contributed by atoms with Crippen molar-refractivity contribution in [3.8, 4) is 22.4 Å². The lowest BCUT2D eigenvalue weighted by Crippen LogP contribution is -2.40. The van der Waals surface area contributed by atoms with Gasteiger partial charge in [-0.3, -0.25) is 4.98 Å². The number of hydrogen-bond donors (Lipinski definition) is 0. The van der Waals surface area contributed by atoms with Crippen LogP contribution in [-0.2, 0) is 6.42 Å². The standard InChI is InChI=1S/C25H31NSi/c1-18(2)14-22-16-24(26-17-25(22)27(4,5)6)21-13-12-19(3)23(15-21)20-10-8-7-9-11-20/h7-13,15-18H,14H2,1-6H3. The third-order valence-corrected chi connectivity index (χ3v) is 7.11. The number of hydrogen-bond acceptors (Lipinski definition) is 1. The fraction of sp³-hybridized carbons (Fsp3) is 0.320. The molecule has 140 valence electrons. The molecular weight excluding hydrogens is 342 g/mol. The molecule has 1 heterocycles. The third-order valence-electron chi connectivity index (χ3n) is 5.04. The molecule has 0 aliphatic carbocycles. The summed E-state index contributed by atoms with van der Waals surface area (Å²) >= 11 is 0. The van der Waals surface area contributed by atoms with E-state index >= 15 is 0 Å². The van der Waals surface area contributed by atoms with Crippen molar-refractivity contribution < 1.29 is 0 Å². The molecule has 0 fully saturated rings. The Hall–Kier alpha value is -2.19. The first-order chi connectivity index (χ1) is 12.8. The first-order valence-corrected chi connectivity index (χ1v) is 13.4. The number of nitrogens with zero attached hydrogens (tertiary/aromatic N) is 1. The third kappa shape index (κ3) is 4.56. The number of aryl methyl sites for hydroxylation is 1. The second-order valence-electron chi connectivity index (χ2n) is 8.97. The van der Waals surface area contributed by atoms with Gasteiger partial charge in [0, 0.05) is 11.8 Å². The fourth-order valence-corrected chi connectivity index (χ4v) is 5.24. The van der Waals surface area contributed by atoms with Crippen LogP contribution in [0.3, 0.4) is 0 Å². The molecule has 3 aromatic rings. The summed E-state index contributed by atoms with van der Waals surface area (Å²) in [6.45, 7) is 14.0. The molecule has 0 aliphatic rings. The Morgan fingerprint density at radius 1 is 0.889 bits per heavy atom. The predicted molar refractivity (Wildman–Crippen MR) is 121 cm³/mol. The second kappa shape index (κ2) is 7.81. The van der Waals surface area contributed by atoms with E-state index < -0.39 is 8.07 Å². The highest BCUT2D eigenvalue weighted by atomic mass is 28.3. The quantitative estimate of drug-likeness (QED) is 0.467. The van der Waals surface area contributed by atoms with E-state index in [0.29, 0.717) is 5.92 Å². The number of pyridine rings is 1. The lowest BCUT2D eigenvalue weighted by Gasteiger charge is -2.22. The molecule has 0 bridgehead atoms. The zero-order valence-corrected chi connectivity index (χ0v) is 18.5. The average molecular weight is 374 g/mol. The minimum absolute atomic E-state index is 0.647. The Morgan fingerprint density at radius 2 is 1.59 bits per heavy atom. The summed E-state index contributed by atoms with van der Waals surface area (Å²) in [5, 5.41) is 1.50. The monoisotopic (exact) mass is 373 g/mol. The smallest absolute Gasteiger partial charge is 0.0799 e. The van der Waals surface area contributed by atoms with Crippen molar-refractivity contribution in [2.75, 3.05) is 0 Å². The van der Waals surface area contributed by atoms with Crippen LogP contribution in [0.1, 0.15) is 25.0 Å². The van der Waals surface area contributed by atoms with Crippen LogP contribution in [-0.4, -0.2) is 13.1 Å². The van der Waals surface area contributed by atoms with Crippen LogP contribution in [0.5, 0.6) is 0 Å². The Labute approximate surface area is 165 Å². The van der Waals surface area contributed by atoms with Crippen molar-refractivity contribution in [1.82, 2.24) is 4.98 Å². The average Bonchev–Trinajstić information content (AvgIpc) is 2.61. The number of rotatable bonds is 5. The minimum Gasteiger partial charge on any atom is -0.256 e. The van der Waals surface area contributed by atoms with Gasteiger partial charge >= 0.3 is 0 Å². The van der Waals surface area contributed by atoms with Crippen molar-refractivity contribution in [2.45, 2.75) is 46.8 Å². The topological polar surface area (TPSA) is 12.9 Å². The van der Waals surface area contributed by atoms with E-state index in [1.54, 1.807) is 0 Å². The Balaban J connectivity index is 2.09. The maximum absolute atomic E-state index is 4.88. The van der Waals surface area contributed by atoms with Gasteiger partial charge in [0.2, 0.25) is 0 Å². The molecule has 0 N–H and O–H groups in total. The van der Waals surface area contributed by atoms with E-state index in [9.17, 15) is 0 Å². The van der Waals surface area contributed by atoms with Crippen LogP contribution in [0.25, 0.3) is 22.4 Å². The van der Waals surface area contributed by atoms with E-state index in [4.69, 9.17) is 4.98 Å². The lowest BCUT2D eigenvalue weighted by molar-refractivity contribution is 0.649. The summed E-state index contributed by atoms with van der Waals surface area (Å²) in [4.78, 5) is 4.88. The highest BCUT2D eigenvalue weighted by Gasteiger charge is 2.22. The molecule has 0 aliphatic heterocycles. The highest BCUT2D eigenvalue weighted by molar-refractivity contribution is 6.89. The van der Waals surface area contributed by atoms with Gasteiger partial charge in [-0.2, -0.15) is 0 Å². The van der Waals surface area contributed by atoms with Gasteiger partial charge < -0.3 is 0 Å². The maximum atomic E-state index is 4.88. The van der Waals surface area contributed by atoms with Gasteiger partial charge in [-0.1, -0.05) is 76.0 Å². The first kappa shape index (κ1) is 19.6. The fourth-order valence-electron chi connectivity index (χ4n) is 3.65. The molecular formula is C25H31NSi. The normalized spacial score (nSPS) is 11.8. The summed E-state index contributed by atoms with van der Waals surface area (Å²) in [6, 6.07) is 19.7. The summed E-state index contributed by atoms with van der Waals surface area (Å²) in [5.74, 6) is 0.647. The van der Waals surface area contributed by atoms with Crippen LogP contribution >= 0.6 is 0 Å². The largest absolute Gasteiger partial charge is 0.256 e. The number of aromatic nitrogens is 1. The van der Waals surface area contributed by atoms with E-state index in [-0.39, 0.29) is 0 Å². The van der Waals surface area contributed by atoms with E-state index in [0.717, 1.165) is 12.1 Å². The molecule has 0 radical (unpaired) electrons. The van der Waals surface area contributed by atoms with Gasteiger partial charge in [0.15, 0.2) is 0 Å². The van der Waals surface area contributed by atoms with Crippen LogP contribution in [0.15, 0.2) is 60.8 Å². The van der Waals surface area contributed by atoms with Crippen LogP contribution < -0.4 is 5.19 Å². The molecule has 3 rings (SSSR count). The van der Waals surface area contributed by atoms with Crippen molar-refractivity contribution in [1.29, 1.82) is 0 Å². The molecule has 2 heteroatoms. The van der Waals surface area contributed by atoms with Gasteiger partial charge in [-0.05, 0) is 58.8 Å². The summed E-state index contributed by atoms with van der Waals surface area (Å²) in [6.07, 6.45) is 3.27. The lowest BCUT2D eigenvalue weighted by atomic mass is 9.96. The van der Waals surface area contributed by atoms with Gasteiger partial charge in [0.05, 0.1) is 13.8 Å². The highest BCUT2D eigenvalue weighted by Crippen LogP contribution is 2.29. The molecule has 27 heavy (non-hydrogen) atoms. The summed E-state index contributed by atoms with van der Waals surface area (Å²) in [7, 11) is -1.40. The molecule has 0 saturated carbocycles. The molecule has 0 unspecified atom stereocenters. The SMILES string of the molecule is Cc1ccc(-c2cc(CC(C)C)c([Si](C)(C)C)cn2)cc1-c1ccccc1. The Morgan fingerprint density at radius 3 is 2.22 bits per heavy atom.